The van der Waals surface area contributed by atoms with Crippen LogP contribution in [0.15, 0.2) is 18.2 Å². The number of aromatic nitrogens is 2. The predicted octanol–water partition coefficient (Wildman–Crippen LogP) is 2.22. The van der Waals surface area contributed by atoms with Crippen molar-refractivity contribution in [1.29, 1.82) is 0 Å². The number of hydrogen-bond donors (Lipinski definition) is 1. The van der Waals surface area contributed by atoms with Gasteiger partial charge in [-0.05, 0) is 19.1 Å². The van der Waals surface area contributed by atoms with Gasteiger partial charge in [-0.15, -0.1) is 11.6 Å². The van der Waals surface area contributed by atoms with E-state index in [2.05, 4.69) is 10.3 Å². The molecule has 96 valence electrons. The number of likely N-dealkylation sites (N-methyl/N-ethyl adjacent to an activating group) is 1. The maximum Gasteiger partial charge on any atom is 0.239 e. The number of rotatable bonds is 3. The molecule has 2 rings (SSSR count). The van der Waals surface area contributed by atoms with Crippen molar-refractivity contribution in [3.63, 3.8) is 0 Å². The van der Waals surface area contributed by atoms with Gasteiger partial charge in [-0.25, -0.2) is 9.37 Å². The second-order valence-corrected chi connectivity index (χ2v) is 4.63. The van der Waals surface area contributed by atoms with Crippen LogP contribution in [0.1, 0.15) is 18.1 Å². The summed E-state index contributed by atoms with van der Waals surface area (Å²) in [4.78, 5) is 15.8. The molecule has 0 saturated carbocycles. The lowest BCUT2D eigenvalue weighted by Crippen LogP contribution is -2.24. The van der Waals surface area contributed by atoms with Gasteiger partial charge in [0.05, 0.1) is 16.4 Å². The highest BCUT2D eigenvalue weighted by Crippen LogP contribution is 2.24. The molecule has 0 radical (unpaired) electrons. The number of nitrogens with zero attached hydrogens (tertiary/aromatic N) is 2. The van der Waals surface area contributed by atoms with Gasteiger partial charge >= 0.3 is 0 Å². The summed E-state index contributed by atoms with van der Waals surface area (Å²) in [6.07, 6.45) is 0. The summed E-state index contributed by atoms with van der Waals surface area (Å²) in [5.41, 5.74) is 1.20. The van der Waals surface area contributed by atoms with Gasteiger partial charge in [-0.2, -0.15) is 0 Å². The van der Waals surface area contributed by atoms with E-state index >= 15 is 0 Å². The normalized spacial score (nSPS) is 12.7. The Morgan fingerprint density at radius 3 is 2.94 bits per heavy atom. The van der Waals surface area contributed by atoms with Crippen molar-refractivity contribution in [2.75, 3.05) is 7.05 Å². The zero-order chi connectivity index (χ0) is 13.3. The molecule has 1 amide bonds. The van der Waals surface area contributed by atoms with E-state index in [-0.39, 0.29) is 23.6 Å². The fourth-order valence-electron chi connectivity index (χ4n) is 1.81. The molecule has 0 aliphatic rings. The van der Waals surface area contributed by atoms with Crippen LogP contribution < -0.4 is 5.32 Å². The number of fused-ring (bicyclic) bond motifs is 1. The minimum atomic E-state index is -0.360. The highest BCUT2D eigenvalue weighted by Gasteiger charge is 2.16. The molecule has 0 aliphatic carbocycles. The number of nitrogens with one attached hydrogen (secondary N) is 1. The number of carbonyl (C=O) groups is 1. The van der Waals surface area contributed by atoms with E-state index in [9.17, 15) is 9.18 Å². The highest BCUT2D eigenvalue weighted by molar-refractivity contribution is 6.20. The van der Waals surface area contributed by atoms with Crippen molar-refractivity contribution in [3.05, 3.63) is 29.8 Å². The Hall–Kier alpha value is -1.62. The molecule has 1 heterocycles. The summed E-state index contributed by atoms with van der Waals surface area (Å²) in [6.45, 7) is 1.88. The number of benzene rings is 1. The minimum Gasteiger partial charge on any atom is -0.358 e. The first kappa shape index (κ1) is 12.8. The molecule has 0 bridgehead atoms. The third-order valence-corrected chi connectivity index (χ3v) is 2.87. The first-order chi connectivity index (χ1) is 8.52. The van der Waals surface area contributed by atoms with E-state index in [0.29, 0.717) is 16.9 Å². The lowest BCUT2D eigenvalue weighted by Gasteiger charge is -2.09. The molecule has 0 fully saturated rings. The van der Waals surface area contributed by atoms with E-state index in [4.69, 9.17) is 11.6 Å². The van der Waals surface area contributed by atoms with Crippen LogP contribution in [-0.4, -0.2) is 22.5 Å². The van der Waals surface area contributed by atoms with Crippen LogP contribution in [0.5, 0.6) is 0 Å². The van der Waals surface area contributed by atoms with Crippen molar-refractivity contribution in [2.45, 2.75) is 18.8 Å². The van der Waals surface area contributed by atoms with Crippen LogP contribution in [0.25, 0.3) is 11.0 Å². The Labute approximate surface area is 109 Å². The van der Waals surface area contributed by atoms with Crippen molar-refractivity contribution in [2.24, 2.45) is 0 Å². The molecule has 1 atom stereocenters. The Balaban J connectivity index is 2.59. The Morgan fingerprint density at radius 1 is 1.61 bits per heavy atom. The van der Waals surface area contributed by atoms with Gasteiger partial charge in [0.1, 0.15) is 18.2 Å². The summed E-state index contributed by atoms with van der Waals surface area (Å²) < 4.78 is 14.8. The standard InChI is InChI=1S/C12H13ClFN3O/c1-7(13)12-16-9-5-8(14)3-4-10(9)17(12)6-11(18)15-2/h3-5,7H,6H2,1-2H3,(H,15,18). The molecule has 0 spiro atoms. The second kappa shape index (κ2) is 4.94. The fourth-order valence-corrected chi connectivity index (χ4v) is 1.98. The molecule has 4 nitrogen and oxygen atoms in total. The molecule has 6 heteroatoms. The van der Waals surface area contributed by atoms with Crippen LogP contribution >= 0.6 is 11.6 Å². The average Bonchev–Trinajstić information content (AvgIpc) is 2.67. The molecule has 0 saturated heterocycles. The van der Waals surface area contributed by atoms with E-state index < -0.39 is 0 Å². The lowest BCUT2D eigenvalue weighted by atomic mass is 10.3. The van der Waals surface area contributed by atoms with Crippen molar-refractivity contribution < 1.29 is 9.18 Å². The summed E-state index contributed by atoms with van der Waals surface area (Å²) in [7, 11) is 1.56. The van der Waals surface area contributed by atoms with Gasteiger partial charge in [0.2, 0.25) is 5.91 Å². The third kappa shape index (κ3) is 2.31. The maximum atomic E-state index is 13.1. The molecule has 1 aromatic heterocycles. The molecule has 1 aromatic carbocycles. The van der Waals surface area contributed by atoms with Crippen LogP contribution in [-0.2, 0) is 11.3 Å². The molecular weight excluding hydrogens is 257 g/mol. The van der Waals surface area contributed by atoms with Crippen molar-refractivity contribution >= 4 is 28.5 Å². The zero-order valence-corrected chi connectivity index (χ0v) is 10.8. The van der Waals surface area contributed by atoms with Gasteiger partial charge < -0.3 is 9.88 Å². The predicted molar refractivity (Wildman–Crippen MR) is 68.0 cm³/mol. The molecule has 0 aliphatic heterocycles. The van der Waals surface area contributed by atoms with Gasteiger partial charge in [0, 0.05) is 13.1 Å². The van der Waals surface area contributed by atoms with E-state index in [1.165, 1.54) is 12.1 Å². The first-order valence-electron chi connectivity index (χ1n) is 5.53. The number of carbonyl (C=O) groups excluding carboxylic acids is 1. The van der Waals surface area contributed by atoms with Gasteiger partial charge in [-0.1, -0.05) is 0 Å². The number of amides is 1. The fraction of sp³-hybridized carbons (Fsp3) is 0.333. The SMILES string of the molecule is CNC(=O)Cn1c(C(C)Cl)nc2cc(F)ccc21. The van der Waals surface area contributed by atoms with Crippen molar-refractivity contribution in [3.8, 4) is 0 Å². The summed E-state index contributed by atoms with van der Waals surface area (Å²) in [5, 5.41) is 2.18. The number of imidazole rings is 1. The van der Waals surface area contributed by atoms with E-state index in [1.54, 1.807) is 24.6 Å². The van der Waals surface area contributed by atoms with Gasteiger partial charge in [0.15, 0.2) is 0 Å². The third-order valence-electron chi connectivity index (χ3n) is 2.68. The van der Waals surface area contributed by atoms with E-state index in [1.807, 2.05) is 0 Å². The van der Waals surface area contributed by atoms with Gasteiger partial charge in [-0.3, -0.25) is 4.79 Å². The largest absolute Gasteiger partial charge is 0.358 e. The lowest BCUT2D eigenvalue weighted by molar-refractivity contribution is -0.121. The Bertz CT molecular complexity index is 594. The van der Waals surface area contributed by atoms with Crippen LogP contribution in [0.3, 0.4) is 0 Å². The van der Waals surface area contributed by atoms with Crippen LogP contribution in [0.4, 0.5) is 4.39 Å². The average molecular weight is 270 g/mol. The minimum absolute atomic E-state index is 0.116. The second-order valence-electron chi connectivity index (χ2n) is 3.98. The molecule has 2 aromatic rings. The summed E-state index contributed by atoms with van der Waals surface area (Å²) in [5.74, 6) is 0.0407. The smallest absolute Gasteiger partial charge is 0.239 e. The van der Waals surface area contributed by atoms with Crippen LogP contribution in [0.2, 0.25) is 0 Å². The summed E-state index contributed by atoms with van der Waals surface area (Å²) in [6, 6.07) is 4.27. The molecular formula is C12H13ClFN3O. The van der Waals surface area contributed by atoms with Crippen molar-refractivity contribution in [1.82, 2.24) is 14.9 Å². The van der Waals surface area contributed by atoms with Crippen LogP contribution in [0, 0.1) is 5.82 Å². The monoisotopic (exact) mass is 269 g/mol. The number of halogens is 2. The Kier molecular flexibility index (Phi) is 3.52. The van der Waals surface area contributed by atoms with E-state index in [0.717, 1.165) is 0 Å². The zero-order valence-electron chi connectivity index (χ0n) is 10.1. The number of hydrogen-bond acceptors (Lipinski definition) is 2. The highest BCUT2D eigenvalue weighted by atomic mass is 35.5. The molecule has 1 unspecified atom stereocenters. The Morgan fingerprint density at radius 2 is 2.33 bits per heavy atom. The summed E-state index contributed by atoms with van der Waals surface area (Å²) >= 11 is 6.04. The molecule has 1 N–H and O–H groups in total. The van der Waals surface area contributed by atoms with Gasteiger partial charge in [0.25, 0.3) is 0 Å². The maximum absolute atomic E-state index is 13.1. The molecule has 18 heavy (non-hydrogen) atoms. The quantitative estimate of drug-likeness (QED) is 0.869. The first-order valence-corrected chi connectivity index (χ1v) is 5.97. The topological polar surface area (TPSA) is 46.9 Å². The number of alkyl halides is 1.